The van der Waals surface area contributed by atoms with Crippen LogP contribution < -0.4 is 5.32 Å². The van der Waals surface area contributed by atoms with Crippen molar-refractivity contribution in [1.29, 1.82) is 0 Å². The fourth-order valence-electron chi connectivity index (χ4n) is 1.91. The normalized spacial score (nSPS) is 26.0. The Morgan fingerprint density at radius 2 is 2.47 bits per heavy atom. The van der Waals surface area contributed by atoms with Crippen LogP contribution in [0.15, 0.2) is 6.20 Å². The van der Waals surface area contributed by atoms with Crippen LogP contribution in [0.4, 0.5) is 0 Å². The number of rotatable bonds is 4. The molecule has 1 aliphatic heterocycles. The van der Waals surface area contributed by atoms with Crippen LogP contribution in [0.3, 0.4) is 0 Å². The summed E-state index contributed by atoms with van der Waals surface area (Å²) in [6, 6.07) is 0. The number of hydrogen-bond donors (Lipinski definition) is 1. The second kappa shape index (κ2) is 4.85. The van der Waals surface area contributed by atoms with E-state index in [9.17, 15) is 0 Å². The van der Waals surface area contributed by atoms with Crippen LogP contribution in [0.1, 0.15) is 29.7 Å². The van der Waals surface area contributed by atoms with Gasteiger partial charge in [0.15, 0.2) is 0 Å². The number of nitrogens with zero attached hydrogens (tertiary/aromatic N) is 1. The smallest absolute Gasteiger partial charge is 0.0897 e. The molecular formula is C11H18N2S2. The summed E-state index contributed by atoms with van der Waals surface area (Å²) in [5.41, 5.74) is 0. The van der Waals surface area contributed by atoms with Gasteiger partial charge in [0.1, 0.15) is 0 Å². The van der Waals surface area contributed by atoms with Crippen molar-refractivity contribution in [3.05, 3.63) is 16.1 Å². The lowest BCUT2D eigenvalue weighted by Crippen LogP contribution is -2.32. The Labute approximate surface area is 99.9 Å². The molecule has 2 nitrogen and oxygen atoms in total. The summed E-state index contributed by atoms with van der Waals surface area (Å²) in [6.45, 7) is 6.52. The van der Waals surface area contributed by atoms with Crippen LogP contribution in [-0.2, 0) is 6.54 Å². The molecule has 1 aliphatic rings. The van der Waals surface area contributed by atoms with E-state index in [-0.39, 0.29) is 0 Å². The van der Waals surface area contributed by atoms with Gasteiger partial charge in [0.25, 0.3) is 0 Å². The first kappa shape index (κ1) is 11.4. The quantitative estimate of drug-likeness (QED) is 0.879. The Hall–Kier alpha value is -0.0600. The Kier molecular flexibility index (Phi) is 3.69. The van der Waals surface area contributed by atoms with Crippen molar-refractivity contribution in [2.24, 2.45) is 0 Å². The van der Waals surface area contributed by atoms with Crippen LogP contribution in [0.25, 0.3) is 0 Å². The maximum absolute atomic E-state index is 4.26. The minimum Gasteiger partial charge on any atom is -0.310 e. The Bertz CT molecular complexity index is 316. The summed E-state index contributed by atoms with van der Waals surface area (Å²) < 4.78 is 0.472. The first-order valence-electron chi connectivity index (χ1n) is 5.44. The molecule has 0 amide bonds. The number of nitrogens with one attached hydrogen (secondary N) is 1. The highest BCUT2D eigenvalue weighted by Gasteiger charge is 2.28. The van der Waals surface area contributed by atoms with Gasteiger partial charge in [0, 0.05) is 28.9 Å². The predicted octanol–water partition coefficient (Wildman–Crippen LogP) is 2.83. The lowest BCUT2D eigenvalue weighted by molar-refractivity contribution is 0.539. The SMILES string of the molecule is Cc1ncc(CNCC2(C)CCCS2)s1. The molecule has 1 N–H and O–H groups in total. The third kappa shape index (κ3) is 3.20. The monoisotopic (exact) mass is 242 g/mol. The molecule has 0 saturated carbocycles. The standard InChI is InChI=1S/C11H18N2S2/c1-9-13-7-10(15-9)6-12-8-11(2)4-3-5-14-11/h7,12H,3-6,8H2,1-2H3. The zero-order chi connectivity index (χ0) is 10.7. The van der Waals surface area contributed by atoms with E-state index in [1.807, 2.05) is 6.20 Å². The molecule has 0 aliphatic carbocycles. The molecule has 84 valence electrons. The minimum atomic E-state index is 0.472. The van der Waals surface area contributed by atoms with E-state index in [0.29, 0.717) is 4.75 Å². The highest BCUT2D eigenvalue weighted by Crippen LogP contribution is 2.36. The summed E-state index contributed by atoms with van der Waals surface area (Å²) in [4.78, 5) is 5.60. The molecule has 0 aromatic carbocycles. The topological polar surface area (TPSA) is 24.9 Å². The molecule has 1 unspecified atom stereocenters. The lowest BCUT2D eigenvalue weighted by Gasteiger charge is -2.22. The fourth-order valence-corrected chi connectivity index (χ4v) is 3.95. The van der Waals surface area contributed by atoms with Crippen molar-refractivity contribution in [3.8, 4) is 0 Å². The predicted molar refractivity (Wildman–Crippen MR) is 68.7 cm³/mol. The van der Waals surface area contributed by atoms with E-state index in [1.165, 1.54) is 23.5 Å². The van der Waals surface area contributed by atoms with Gasteiger partial charge in [-0.25, -0.2) is 4.98 Å². The Morgan fingerprint density at radius 3 is 3.07 bits per heavy atom. The number of thiazole rings is 1. The van der Waals surface area contributed by atoms with Crippen LogP contribution in [-0.4, -0.2) is 22.0 Å². The van der Waals surface area contributed by atoms with Crippen LogP contribution in [0, 0.1) is 6.92 Å². The highest BCUT2D eigenvalue weighted by atomic mass is 32.2. The van der Waals surface area contributed by atoms with Gasteiger partial charge in [-0.05, 0) is 32.4 Å². The molecule has 0 bridgehead atoms. The van der Waals surface area contributed by atoms with E-state index >= 15 is 0 Å². The van der Waals surface area contributed by atoms with E-state index in [4.69, 9.17) is 0 Å². The summed E-state index contributed by atoms with van der Waals surface area (Å²) >= 11 is 3.90. The van der Waals surface area contributed by atoms with Gasteiger partial charge in [-0.1, -0.05) is 0 Å². The number of aromatic nitrogens is 1. The number of aryl methyl sites for hydroxylation is 1. The molecule has 2 heterocycles. The van der Waals surface area contributed by atoms with Gasteiger partial charge in [-0.2, -0.15) is 11.8 Å². The lowest BCUT2D eigenvalue weighted by atomic mass is 10.1. The van der Waals surface area contributed by atoms with E-state index in [0.717, 1.165) is 18.1 Å². The summed E-state index contributed by atoms with van der Waals surface area (Å²) in [7, 11) is 0. The van der Waals surface area contributed by atoms with Gasteiger partial charge in [-0.15, -0.1) is 11.3 Å². The fraction of sp³-hybridized carbons (Fsp3) is 0.727. The van der Waals surface area contributed by atoms with Crippen LogP contribution in [0.5, 0.6) is 0 Å². The molecule has 1 aromatic rings. The van der Waals surface area contributed by atoms with Crippen molar-refractivity contribution in [3.63, 3.8) is 0 Å². The zero-order valence-electron chi connectivity index (χ0n) is 9.38. The van der Waals surface area contributed by atoms with Crippen molar-refractivity contribution < 1.29 is 0 Å². The van der Waals surface area contributed by atoms with Gasteiger partial charge in [0.2, 0.25) is 0 Å². The molecule has 4 heteroatoms. The van der Waals surface area contributed by atoms with Gasteiger partial charge in [-0.3, -0.25) is 0 Å². The minimum absolute atomic E-state index is 0.472. The molecule has 1 saturated heterocycles. The molecule has 1 fully saturated rings. The first-order valence-corrected chi connectivity index (χ1v) is 7.24. The third-order valence-corrected chi connectivity index (χ3v) is 5.22. The van der Waals surface area contributed by atoms with Gasteiger partial charge < -0.3 is 5.32 Å². The molecule has 2 rings (SSSR count). The molecule has 15 heavy (non-hydrogen) atoms. The summed E-state index contributed by atoms with van der Waals surface area (Å²) in [6.07, 6.45) is 4.71. The second-order valence-electron chi connectivity index (χ2n) is 4.35. The Balaban J connectivity index is 1.75. The summed E-state index contributed by atoms with van der Waals surface area (Å²) in [5, 5.41) is 4.71. The van der Waals surface area contributed by atoms with E-state index < -0.39 is 0 Å². The van der Waals surface area contributed by atoms with Crippen molar-refractivity contribution >= 4 is 23.1 Å². The second-order valence-corrected chi connectivity index (χ2v) is 7.35. The largest absolute Gasteiger partial charge is 0.310 e. The molecule has 0 spiro atoms. The summed E-state index contributed by atoms with van der Waals surface area (Å²) in [5.74, 6) is 1.33. The third-order valence-electron chi connectivity index (χ3n) is 2.77. The zero-order valence-corrected chi connectivity index (χ0v) is 11.0. The average Bonchev–Trinajstić information content (AvgIpc) is 2.76. The van der Waals surface area contributed by atoms with Crippen LogP contribution >= 0.6 is 23.1 Å². The van der Waals surface area contributed by atoms with E-state index in [1.54, 1.807) is 11.3 Å². The number of hydrogen-bond acceptors (Lipinski definition) is 4. The van der Waals surface area contributed by atoms with E-state index in [2.05, 4.69) is 35.9 Å². The van der Waals surface area contributed by atoms with Gasteiger partial charge >= 0.3 is 0 Å². The Morgan fingerprint density at radius 1 is 1.60 bits per heavy atom. The first-order chi connectivity index (χ1) is 7.18. The average molecular weight is 242 g/mol. The molecule has 0 radical (unpaired) electrons. The van der Waals surface area contributed by atoms with Gasteiger partial charge in [0.05, 0.1) is 5.01 Å². The maximum Gasteiger partial charge on any atom is 0.0897 e. The van der Waals surface area contributed by atoms with Crippen molar-refractivity contribution in [2.75, 3.05) is 12.3 Å². The van der Waals surface area contributed by atoms with Crippen molar-refractivity contribution in [1.82, 2.24) is 10.3 Å². The highest BCUT2D eigenvalue weighted by molar-refractivity contribution is 8.00. The van der Waals surface area contributed by atoms with Crippen molar-refractivity contribution in [2.45, 2.75) is 38.0 Å². The molecular weight excluding hydrogens is 224 g/mol. The molecule has 1 aromatic heterocycles. The molecule has 1 atom stereocenters. The maximum atomic E-state index is 4.26. The van der Waals surface area contributed by atoms with Crippen LogP contribution in [0.2, 0.25) is 0 Å². The number of thioether (sulfide) groups is 1.